The summed E-state index contributed by atoms with van der Waals surface area (Å²) in [6.45, 7) is 4.84. The molecule has 3 aromatic rings. The maximum Gasteiger partial charge on any atom is 0.332 e. The Labute approximate surface area is 180 Å². The van der Waals surface area contributed by atoms with Gasteiger partial charge in [0.15, 0.2) is 0 Å². The highest BCUT2D eigenvalue weighted by atomic mass is 16.5. The number of aryl methyl sites for hydroxylation is 2. The van der Waals surface area contributed by atoms with Gasteiger partial charge in [-0.2, -0.15) is 5.10 Å². The lowest BCUT2D eigenvalue weighted by molar-refractivity contribution is -0.119. The molecule has 0 radical (unpaired) electrons. The summed E-state index contributed by atoms with van der Waals surface area (Å²) in [4.78, 5) is 29.2. The molecule has 1 aliphatic heterocycles. The molecule has 1 saturated heterocycles. The van der Waals surface area contributed by atoms with E-state index in [1.165, 1.54) is 11.1 Å². The van der Waals surface area contributed by atoms with Crippen LogP contribution in [-0.2, 0) is 22.5 Å². The van der Waals surface area contributed by atoms with E-state index in [0.29, 0.717) is 31.8 Å². The summed E-state index contributed by atoms with van der Waals surface area (Å²) < 4.78 is 12.0. The van der Waals surface area contributed by atoms with Crippen LogP contribution >= 0.6 is 0 Å². The smallest absolute Gasteiger partial charge is 0.332 e. The summed E-state index contributed by atoms with van der Waals surface area (Å²) in [7, 11) is 1.57. The third kappa shape index (κ3) is 4.09. The molecule has 1 fully saturated rings. The average molecular weight is 423 g/mol. The molecule has 1 aliphatic rings. The summed E-state index contributed by atoms with van der Waals surface area (Å²) in [5.41, 5.74) is 3.15. The molecular formula is C22H25N5O4. The van der Waals surface area contributed by atoms with Crippen LogP contribution in [0.15, 0.2) is 47.2 Å². The van der Waals surface area contributed by atoms with Gasteiger partial charge in [-0.1, -0.05) is 35.5 Å². The van der Waals surface area contributed by atoms with E-state index in [1.807, 2.05) is 44.2 Å². The first-order valence-electron chi connectivity index (χ1n) is 10.1. The highest BCUT2D eigenvalue weighted by Crippen LogP contribution is 2.27. The van der Waals surface area contributed by atoms with Crippen molar-refractivity contribution in [3.8, 4) is 0 Å². The minimum atomic E-state index is -0.587. The maximum absolute atomic E-state index is 13.3. The van der Waals surface area contributed by atoms with E-state index in [9.17, 15) is 9.59 Å². The molecule has 9 nitrogen and oxygen atoms in total. The molecule has 1 unspecified atom stereocenters. The molecule has 3 amide bonds. The van der Waals surface area contributed by atoms with Crippen molar-refractivity contribution in [3.63, 3.8) is 0 Å². The fourth-order valence-corrected chi connectivity index (χ4v) is 3.80. The molecule has 4 rings (SSSR count). The Bertz CT molecular complexity index is 1060. The molecule has 1 atom stereocenters. The van der Waals surface area contributed by atoms with Gasteiger partial charge in [-0.3, -0.25) is 9.48 Å². The number of benzene rings is 1. The third-order valence-electron chi connectivity index (χ3n) is 5.51. The zero-order chi connectivity index (χ0) is 22.0. The van der Waals surface area contributed by atoms with Gasteiger partial charge in [-0.05, 0) is 19.4 Å². The van der Waals surface area contributed by atoms with E-state index in [-0.39, 0.29) is 11.9 Å². The minimum Gasteiger partial charge on any atom is -0.383 e. The number of anilines is 1. The van der Waals surface area contributed by atoms with Crippen LogP contribution in [0.5, 0.6) is 0 Å². The third-order valence-corrected chi connectivity index (χ3v) is 5.51. The van der Waals surface area contributed by atoms with Crippen molar-refractivity contribution in [2.45, 2.75) is 32.9 Å². The van der Waals surface area contributed by atoms with Crippen molar-refractivity contribution >= 4 is 17.6 Å². The summed E-state index contributed by atoms with van der Waals surface area (Å²) in [5.74, 6) is 0.457. The second kappa shape index (κ2) is 8.73. The van der Waals surface area contributed by atoms with E-state index < -0.39 is 6.04 Å². The van der Waals surface area contributed by atoms with Crippen molar-refractivity contribution < 1.29 is 18.8 Å². The van der Waals surface area contributed by atoms with Gasteiger partial charge in [0.1, 0.15) is 11.8 Å². The van der Waals surface area contributed by atoms with Crippen molar-refractivity contribution in [1.82, 2.24) is 19.8 Å². The number of hydrogen-bond acceptors (Lipinski definition) is 6. The zero-order valence-corrected chi connectivity index (χ0v) is 17.8. The van der Waals surface area contributed by atoms with Gasteiger partial charge >= 0.3 is 6.03 Å². The van der Waals surface area contributed by atoms with Crippen LogP contribution in [0, 0.1) is 13.8 Å². The first kappa shape index (κ1) is 20.8. The molecule has 9 heteroatoms. The topological polar surface area (TPSA) is 93.7 Å². The predicted molar refractivity (Wildman–Crippen MR) is 113 cm³/mol. The number of urea groups is 1. The SMILES string of the molecule is COCCN1C(=O)N(c2cnn(Cc3c(C)noc3C)c2)C(=O)C1Cc1ccccc1. The van der Waals surface area contributed by atoms with E-state index >= 15 is 0 Å². The maximum atomic E-state index is 13.3. The molecule has 31 heavy (non-hydrogen) atoms. The van der Waals surface area contributed by atoms with Crippen molar-refractivity contribution in [1.29, 1.82) is 0 Å². The van der Waals surface area contributed by atoms with Gasteiger partial charge < -0.3 is 14.2 Å². The first-order valence-corrected chi connectivity index (χ1v) is 10.1. The number of rotatable bonds is 8. The number of nitrogens with zero attached hydrogens (tertiary/aromatic N) is 5. The van der Waals surface area contributed by atoms with Gasteiger partial charge in [0, 0.05) is 31.8 Å². The van der Waals surface area contributed by atoms with Crippen LogP contribution in [0.3, 0.4) is 0 Å². The molecule has 0 spiro atoms. The van der Waals surface area contributed by atoms with E-state index in [1.54, 1.807) is 22.9 Å². The van der Waals surface area contributed by atoms with Crippen LogP contribution in [0.4, 0.5) is 10.5 Å². The van der Waals surface area contributed by atoms with Gasteiger partial charge in [0.05, 0.1) is 30.7 Å². The second-order valence-corrected chi connectivity index (χ2v) is 7.55. The van der Waals surface area contributed by atoms with Gasteiger partial charge in [-0.25, -0.2) is 9.69 Å². The normalized spacial score (nSPS) is 16.5. The molecule has 0 bridgehead atoms. The summed E-state index contributed by atoms with van der Waals surface area (Å²) in [6, 6.07) is 8.73. The average Bonchev–Trinajstić information content (AvgIpc) is 3.41. The first-order chi connectivity index (χ1) is 15.0. The molecule has 0 saturated carbocycles. The molecule has 0 aliphatic carbocycles. The molecule has 162 valence electrons. The highest BCUT2D eigenvalue weighted by molar-refractivity contribution is 6.21. The van der Waals surface area contributed by atoms with Crippen LogP contribution in [0.25, 0.3) is 0 Å². The van der Waals surface area contributed by atoms with Crippen LogP contribution in [-0.4, -0.2) is 58.1 Å². The number of imide groups is 1. The van der Waals surface area contributed by atoms with Gasteiger partial charge in [0.2, 0.25) is 0 Å². The minimum absolute atomic E-state index is 0.262. The lowest BCUT2D eigenvalue weighted by atomic mass is 10.1. The van der Waals surface area contributed by atoms with E-state index in [2.05, 4.69) is 10.3 Å². The van der Waals surface area contributed by atoms with Gasteiger partial charge in [-0.15, -0.1) is 0 Å². The number of carbonyl (C=O) groups is 2. The summed E-state index contributed by atoms with van der Waals surface area (Å²) >= 11 is 0. The lowest BCUT2D eigenvalue weighted by Gasteiger charge is -2.21. The van der Waals surface area contributed by atoms with E-state index in [0.717, 1.165) is 22.6 Å². The molecular weight excluding hydrogens is 398 g/mol. The number of amides is 3. The Morgan fingerprint density at radius 3 is 2.61 bits per heavy atom. The summed E-state index contributed by atoms with van der Waals surface area (Å²) in [6.07, 6.45) is 3.67. The Kier molecular flexibility index (Phi) is 5.85. The lowest BCUT2D eigenvalue weighted by Crippen LogP contribution is -2.39. The Morgan fingerprint density at radius 2 is 1.94 bits per heavy atom. The Hall–Kier alpha value is -3.46. The quantitative estimate of drug-likeness (QED) is 0.517. The van der Waals surface area contributed by atoms with Crippen LogP contribution in [0.1, 0.15) is 22.6 Å². The molecule has 1 aromatic carbocycles. The van der Waals surface area contributed by atoms with Crippen molar-refractivity contribution in [2.24, 2.45) is 0 Å². The number of carbonyl (C=O) groups excluding carboxylic acids is 2. The molecule has 0 N–H and O–H groups in total. The monoisotopic (exact) mass is 423 g/mol. The predicted octanol–water partition coefficient (Wildman–Crippen LogP) is 2.56. The van der Waals surface area contributed by atoms with Crippen LogP contribution in [0.2, 0.25) is 0 Å². The largest absolute Gasteiger partial charge is 0.383 e. The second-order valence-electron chi connectivity index (χ2n) is 7.55. The number of hydrogen-bond donors (Lipinski definition) is 0. The summed E-state index contributed by atoms with van der Waals surface area (Å²) in [5, 5.41) is 8.30. The highest BCUT2D eigenvalue weighted by Gasteiger charge is 2.46. The standard InChI is InChI=1S/C22H25N5O4/c1-15-19(16(2)31-24-15)14-25-13-18(12-23-25)27-21(28)20(11-17-7-5-4-6-8-17)26(22(27)29)9-10-30-3/h4-8,12-13,20H,9-11,14H2,1-3H3. The fourth-order valence-electron chi connectivity index (χ4n) is 3.80. The Morgan fingerprint density at radius 1 is 1.16 bits per heavy atom. The number of methoxy groups -OCH3 is 1. The number of aromatic nitrogens is 3. The fraction of sp³-hybridized carbons (Fsp3) is 0.364. The van der Waals surface area contributed by atoms with Crippen molar-refractivity contribution in [2.75, 3.05) is 25.2 Å². The zero-order valence-electron chi connectivity index (χ0n) is 17.8. The molecule has 2 aromatic heterocycles. The van der Waals surface area contributed by atoms with Crippen LogP contribution < -0.4 is 4.90 Å². The van der Waals surface area contributed by atoms with Gasteiger partial charge in [0.25, 0.3) is 5.91 Å². The van der Waals surface area contributed by atoms with E-state index in [4.69, 9.17) is 9.26 Å². The Balaban J connectivity index is 1.58. The van der Waals surface area contributed by atoms with Crippen molar-refractivity contribution in [3.05, 3.63) is 65.3 Å². The molecule has 3 heterocycles. The number of ether oxygens (including phenoxy) is 1.